The number of carbonyl (C=O) groups excluding carboxylic acids is 2. The Labute approximate surface area is 393 Å². The van der Waals surface area contributed by atoms with E-state index in [9.17, 15) is 9.59 Å². The van der Waals surface area contributed by atoms with E-state index in [1.165, 1.54) is 0 Å². The first kappa shape index (κ1) is 50.9. The molecule has 3 saturated carbocycles. The maximum Gasteiger partial charge on any atom is 0.192 e. The van der Waals surface area contributed by atoms with Crippen LogP contribution < -0.4 is 0 Å². The van der Waals surface area contributed by atoms with Crippen molar-refractivity contribution in [3.05, 3.63) is 108 Å². The van der Waals surface area contributed by atoms with E-state index in [-0.39, 0.29) is 52.2 Å². The van der Waals surface area contributed by atoms with Gasteiger partial charge < -0.3 is 32.8 Å². The first-order valence-electron chi connectivity index (χ1n) is 23.2. The van der Waals surface area contributed by atoms with Crippen LogP contribution in [0.15, 0.2) is 91.0 Å². The average molecular weight is 940 g/mol. The predicted molar refractivity (Wildman–Crippen MR) is 255 cm³/mol. The Hall–Kier alpha value is -2.48. The molecule has 3 aromatic rings. The highest BCUT2D eigenvalue weighted by Crippen LogP contribution is 2.48. The summed E-state index contributed by atoms with van der Waals surface area (Å²) in [5, 5.41) is 0.431. The Bertz CT molecular complexity index is 1850. The molecule has 64 heavy (non-hydrogen) atoms. The number of halogens is 2. The molecule has 3 aliphatic heterocycles. The first-order chi connectivity index (χ1) is 30.4. The maximum absolute atomic E-state index is 11.7. The fourth-order valence-corrected chi connectivity index (χ4v) is 11.5. The van der Waals surface area contributed by atoms with Crippen molar-refractivity contribution in [2.45, 2.75) is 159 Å². The number of ketones is 2. The van der Waals surface area contributed by atoms with Crippen molar-refractivity contribution in [3.63, 3.8) is 0 Å². The third kappa shape index (κ3) is 13.6. The van der Waals surface area contributed by atoms with E-state index in [4.69, 9.17) is 56.0 Å². The van der Waals surface area contributed by atoms with Gasteiger partial charge in [-0.15, -0.1) is 23.2 Å². The zero-order chi connectivity index (χ0) is 46.2. The minimum absolute atomic E-state index is 0.189. The molecule has 0 bridgehead atoms. The second-order valence-corrected chi connectivity index (χ2v) is 26.4. The number of benzene rings is 3. The van der Waals surface area contributed by atoms with E-state index >= 15 is 0 Å². The lowest BCUT2D eigenvalue weighted by Crippen LogP contribution is -2.50. The third-order valence-corrected chi connectivity index (χ3v) is 18.2. The van der Waals surface area contributed by atoms with Crippen molar-refractivity contribution in [2.75, 3.05) is 25.2 Å². The van der Waals surface area contributed by atoms with E-state index in [1.807, 2.05) is 78.9 Å². The van der Waals surface area contributed by atoms with Crippen LogP contribution in [-0.2, 0) is 42.4 Å². The van der Waals surface area contributed by atoms with Crippen molar-refractivity contribution in [3.8, 4) is 0 Å². The summed E-state index contributed by atoms with van der Waals surface area (Å²) in [6.07, 6.45) is 6.76. The number of hydrogen-bond donors (Lipinski definition) is 0. The molecule has 1 unspecified atom stereocenters. The molecule has 3 aliphatic carbocycles. The van der Waals surface area contributed by atoms with Gasteiger partial charge in [-0.25, -0.2) is 0 Å². The van der Waals surface area contributed by atoms with Crippen molar-refractivity contribution in [2.24, 2.45) is 17.8 Å². The number of carbonyl (C=O) groups is 2. The minimum atomic E-state index is -1.77. The van der Waals surface area contributed by atoms with Crippen molar-refractivity contribution < 1.29 is 42.4 Å². The Morgan fingerprint density at radius 1 is 0.578 bits per heavy atom. The normalized spacial score (nSPS) is 33.8. The van der Waals surface area contributed by atoms with E-state index in [0.717, 1.165) is 48.8 Å². The Morgan fingerprint density at radius 2 is 0.922 bits per heavy atom. The molecular weight excluding hydrogens is 868 g/mol. The highest BCUT2D eigenvalue weighted by molar-refractivity contribution is 6.74. The zero-order valence-corrected chi connectivity index (χ0v) is 41.8. The van der Waals surface area contributed by atoms with Crippen molar-refractivity contribution in [1.82, 2.24) is 0 Å². The lowest BCUT2D eigenvalue weighted by atomic mass is 9.78. The summed E-state index contributed by atoms with van der Waals surface area (Å²) in [6, 6.07) is 30.1. The van der Waals surface area contributed by atoms with E-state index in [1.54, 1.807) is 0 Å². The fraction of sp³-hybridized carbons (Fsp3) is 0.615. The number of rotatable bonds is 5. The lowest BCUT2D eigenvalue weighted by Gasteiger charge is -2.45. The summed E-state index contributed by atoms with van der Waals surface area (Å²) in [7, 11) is -1.77. The average Bonchev–Trinajstić information content (AvgIpc) is 3.95. The van der Waals surface area contributed by atoms with Crippen LogP contribution in [0.5, 0.6) is 0 Å². The fourth-order valence-electron chi connectivity index (χ4n) is 10.1. The third-order valence-electron chi connectivity index (χ3n) is 13.7. The summed E-state index contributed by atoms with van der Waals surface area (Å²) in [5.41, 5.74) is 2.22. The summed E-state index contributed by atoms with van der Waals surface area (Å²) in [4.78, 5) is 23.5. The van der Waals surface area contributed by atoms with Crippen molar-refractivity contribution >= 4 is 43.1 Å². The molecule has 0 radical (unpaired) electrons. The molecule has 3 heterocycles. The Balaban J connectivity index is 0.000000157. The molecule has 6 fully saturated rings. The second-order valence-electron chi connectivity index (χ2n) is 20.9. The molecule has 0 amide bonds. The number of hydrogen-bond acceptors (Lipinski definition) is 9. The summed E-state index contributed by atoms with van der Waals surface area (Å²) in [5.74, 6) is 1.98. The SMILES string of the molecule is C[C@H]1CC(=O)C[C@@]2(CO[C@@H](c3ccccc3)O2)C1.C[C@H]1CC(=O)C[C@@]2(CO[C@H](c3ccccc3)O2)C1.C[C@H]1C[C@H](O[Si](C)(C)C(C)(C)C)C[C@@]2(COC(c3ccccc3)O2)C1.ClCCl. The van der Waals surface area contributed by atoms with Crippen LogP contribution in [0.3, 0.4) is 0 Å². The minimum Gasteiger partial charge on any atom is -0.414 e. The monoisotopic (exact) mass is 938 g/mol. The Morgan fingerprint density at radius 3 is 1.28 bits per heavy atom. The molecule has 6 aliphatic rings. The molecular formula is C52H72Cl2O9Si. The smallest absolute Gasteiger partial charge is 0.192 e. The van der Waals surface area contributed by atoms with Gasteiger partial charge in [-0.1, -0.05) is 133 Å². The summed E-state index contributed by atoms with van der Waals surface area (Å²) >= 11 is 9.53. The molecule has 3 spiro atoms. The second kappa shape index (κ2) is 22.1. The molecule has 10 atom stereocenters. The maximum atomic E-state index is 11.7. The van der Waals surface area contributed by atoms with Crippen molar-refractivity contribution in [1.29, 1.82) is 0 Å². The predicted octanol–water partition coefficient (Wildman–Crippen LogP) is 12.8. The first-order valence-corrected chi connectivity index (χ1v) is 27.2. The standard InChI is InChI=1S/C21H34O3Si.2C15H18O3.CH2Cl2/c1-16-12-18(24-25(5,6)20(2,3)4)14-21(13-16)15-22-19(23-21)17-10-8-7-9-11-17;2*1-11-7-13(16)9-15(8-11)10-17-14(18-15)12-5-3-2-4-6-12;2-1-3/h7-11,16,18-19H,12-15H2,1-6H3;2*2-6,11,14H,7-10H2,1H3;1H2/t16-,18-,19?,21+;11-,14+,15+;11-,14-,15+;/m000./s1. The topological polar surface area (TPSA) is 98.8 Å². The van der Waals surface area contributed by atoms with Gasteiger partial charge in [-0.05, 0) is 61.6 Å². The zero-order valence-electron chi connectivity index (χ0n) is 39.3. The number of Topliss-reactive ketones (excluding diaryl/α,β-unsaturated/α-hetero) is 2. The van der Waals surface area contributed by atoms with Crippen LogP contribution >= 0.6 is 23.2 Å². The molecule has 3 aromatic carbocycles. The molecule has 352 valence electrons. The van der Waals surface area contributed by atoms with Gasteiger partial charge in [0.1, 0.15) is 22.8 Å². The van der Waals surface area contributed by atoms with Gasteiger partial charge in [-0.3, -0.25) is 9.59 Å². The van der Waals surface area contributed by atoms with E-state index in [0.29, 0.717) is 74.8 Å². The highest BCUT2D eigenvalue weighted by atomic mass is 35.5. The van der Waals surface area contributed by atoms with E-state index < -0.39 is 8.32 Å². The van der Waals surface area contributed by atoms with Gasteiger partial charge in [-0.2, -0.15) is 0 Å². The Kier molecular flexibility index (Phi) is 17.6. The largest absolute Gasteiger partial charge is 0.414 e. The van der Waals surface area contributed by atoms with Crippen LogP contribution in [0.2, 0.25) is 18.1 Å². The van der Waals surface area contributed by atoms with Gasteiger partial charge in [0, 0.05) is 54.9 Å². The number of ether oxygens (including phenoxy) is 6. The molecule has 3 saturated heterocycles. The van der Waals surface area contributed by atoms with E-state index in [2.05, 4.69) is 66.8 Å². The van der Waals surface area contributed by atoms with Crippen LogP contribution in [0.1, 0.15) is 135 Å². The van der Waals surface area contributed by atoms with Crippen LogP contribution in [0.4, 0.5) is 0 Å². The summed E-state index contributed by atoms with van der Waals surface area (Å²) < 4.78 is 43.0. The van der Waals surface area contributed by atoms with Gasteiger partial charge >= 0.3 is 0 Å². The molecule has 12 heteroatoms. The van der Waals surface area contributed by atoms with Gasteiger partial charge in [0.25, 0.3) is 0 Å². The van der Waals surface area contributed by atoms with Gasteiger partial charge in [0.15, 0.2) is 27.2 Å². The highest BCUT2D eigenvalue weighted by Gasteiger charge is 2.51. The van der Waals surface area contributed by atoms with Gasteiger partial charge in [0.2, 0.25) is 0 Å². The molecule has 0 N–H and O–H groups in total. The molecule has 9 nitrogen and oxygen atoms in total. The quantitative estimate of drug-likeness (QED) is 0.183. The summed E-state index contributed by atoms with van der Waals surface area (Å²) in [6.45, 7) is 19.9. The van der Waals surface area contributed by atoms with Crippen LogP contribution in [-0.4, -0.2) is 68.0 Å². The van der Waals surface area contributed by atoms with Crippen LogP contribution in [0.25, 0.3) is 0 Å². The lowest BCUT2D eigenvalue weighted by molar-refractivity contribution is -0.140. The molecule has 9 rings (SSSR count). The number of alkyl halides is 2. The van der Waals surface area contributed by atoms with Crippen LogP contribution in [0, 0.1) is 17.8 Å². The molecule has 0 aromatic heterocycles. The van der Waals surface area contributed by atoms with Gasteiger partial charge in [0.05, 0.1) is 30.8 Å².